The monoisotopic (exact) mass is 202 g/mol. The van der Waals surface area contributed by atoms with Gasteiger partial charge in [-0.3, -0.25) is 4.79 Å². The van der Waals surface area contributed by atoms with Gasteiger partial charge in [0.2, 0.25) is 5.91 Å². The van der Waals surface area contributed by atoms with E-state index in [1.54, 1.807) is 7.05 Å². The van der Waals surface area contributed by atoms with E-state index in [-0.39, 0.29) is 24.7 Å². The second-order valence-electron chi connectivity index (χ2n) is 3.42. The van der Waals surface area contributed by atoms with Crippen molar-refractivity contribution in [2.45, 2.75) is 19.1 Å². The van der Waals surface area contributed by atoms with Gasteiger partial charge in [0.05, 0.1) is 18.8 Å². The molecule has 2 unspecified atom stereocenters. The first-order valence-electron chi connectivity index (χ1n) is 4.87. The van der Waals surface area contributed by atoms with Gasteiger partial charge in [0.1, 0.15) is 6.61 Å². The second-order valence-corrected chi connectivity index (χ2v) is 3.42. The van der Waals surface area contributed by atoms with Crippen molar-refractivity contribution in [3.63, 3.8) is 0 Å². The fourth-order valence-electron chi connectivity index (χ4n) is 1.33. The molecule has 14 heavy (non-hydrogen) atoms. The topological polar surface area (TPSA) is 59.6 Å². The van der Waals surface area contributed by atoms with Gasteiger partial charge in [0.15, 0.2) is 0 Å². The Morgan fingerprint density at radius 3 is 3.07 bits per heavy atom. The maximum atomic E-state index is 10.8. The summed E-state index contributed by atoms with van der Waals surface area (Å²) in [5.41, 5.74) is 0. The number of hydrogen-bond acceptors (Lipinski definition) is 4. The summed E-state index contributed by atoms with van der Waals surface area (Å²) in [6, 6.07) is 0. The third-order valence-electron chi connectivity index (χ3n) is 2.04. The Hall–Kier alpha value is -0.650. The Labute approximate surface area is 84.1 Å². The molecule has 0 saturated carbocycles. The van der Waals surface area contributed by atoms with Crippen molar-refractivity contribution in [2.75, 3.05) is 33.4 Å². The molecule has 1 rings (SSSR count). The van der Waals surface area contributed by atoms with Gasteiger partial charge < -0.3 is 20.1 Å². The van der Waals surface area contributed by atoms with Crippen LogP contribution in [0.15, 0.2) is 0 Å². The molecule has 82 valence electrons. The van der Waals surface area contributed by atoms with Gasteiger partial charge in [-0.1, -0.05) is 0 Å². The van der Waals surface area contributed by atoms with E-state index in [1.807, 2.05) is 6.92 Å². The predicted molar refractivity (Wildman–Crippen MR) is 52.1 cm³/mol. The average Bonchev–Trinajstić information content (AvgIpc) is 2.17. The molecule has 0 aromatic rings. The van der Waals surface area contributed by atoms with Crippen molar-refractivity contribution >= 4 is 5.91 Å². The molecular weight excluding hydrogens is 184 g/mol. The lowest BCUT2D eigenvalue weighted by molar-refractivity contribution is -0.128. The van der Waals surface area contributed by atoms with E-state index in [4.69, 9.17) is 9.47 Å². The van der Waals surface area contributed by atoms with Crippen LogP contribution in [0.25, 0.3) is 0 Å². The number of carbonyl (C=O) groups excluding carboxylic acids is 1. The maximum Gasteiger partial charge on any atom is 0.245 e. The molecule has 0 bridgehead atoms. The van der Waals surface area contributed by atoms with Crippen molar-refractivity contribution in [3.8, 4) is 0 Å². The number of carbonyl (C=O) groups is 1. The van der Waals surface area contributed by atoms with Crippen LogP contribution in [0.2, 0.25) is 0 Å². The zero-order chi connectivity index (χ0) is 10.4. The number of morpholine rings is 1. The Balaban J connectivity index is 2.08. The molecule has 5 nitrogen and oxygen atoms in total. The van der Waals surface area contributed by atoms with Gasteiger partial charge in [-0.2, -0.15) is 0 Å². The van der Waals surface area contributed by atoms with Crippen LogP contribution in [0.4, 0.5) is 0 Å². The van der Waals surface area contributed by atoms with Crippen molar-refractivity contribution < 1.29 is 14.3 Å². The van der Waals surface area contributed by atoms with Gasteiger partial charge in [-0.15, -0.1) is 0 Å². The van der Waals surface area contributed by atoms with E-state index in [0.29, 0.717) is 6.61 Å². The minimum Gasteiger partial charge on any atom is -0.370 e. The number of nitrogens with one attached hydrogen (secondary N) is 2. The number of rotatable bonds is 4. The molecule has 0 spiro atoms. The third-order valence-corrected chi connectivity index (χ3v) is 2.04. The molecule has 1 aliphatic heterocycles. The van der Waals surface area contributed by atoms with Gasteiger partial charge >= 0.3 is 0 Å². The van der Waals surface area contributed by atoms with Gasteiger partial charge in [-0.05, 0) is 6.92 Å². The number of amides is 1. The highest BCUT2D eigenvalue weighted by Crippen LogP contribution is 2.03. The quantitative estimate of drug-likeness (QED) is 0.622. The molecule has 1 saturated heterocycles. The molecule has 1 aliphatic rings. The molecule has 1 heterocycles. The van der Waals surface area contributed by atoms with Gasteiger partial charge in [0, 0.05) is 20.1 Å². The van der Waals surface area contributed by atoms with Crippen LogP contribution in [0.5, 0.6) is 0 Å². The van der Waals surface area contributed by atoms with Crippen LogP contribution in [0.1, 0.15) is 6.92 Å². The SMILES string of the molecule is CNC(=O)COCC1CNCC(C)O1. The van der Waals surface area contributed by atoms with E-state index in [0.717, 1.165) is 13.1 Å². The summed E-state index contributed by atoms with van der Waals surface area (Å²) in [6.45, 7) is 4.25. The van der Waals surface area contributed by atoms with E-state index in [2.05, 4.69) is 10.6 Å². The smallest absolute Gasteiger partial charge is 0.245 e. The zero-order valence-corrected chi connectivity index (χ0v) is 8.71. The molecule has 0 aliphatic carbocycles. The summed E-state index contributed by atoms with van der Waals surface area (Å²) in [4.78, 5) is 10.8. The van der Waals surface area contributed by atoms with Crippen LogP contribution < -0.4 is 10.6 Å². The highest BCUT2D eigenvalue weighted by molar-refractivity contribution is 5.76. The molecule has 1 amide bonds. The van der Waals surface area contributed by atoms with Crippen molar-refractivity contribution in [2.24, 2.45) is 0 Å². The average molecular weight is 202 g/mol. The molecule has 2 atom stereocenters. The minimum atomic E-state index is -0.109. The van der Waals surface area contributed by atoms with E-state index in [9.17, 15) is 4.79 Å². The number of ether oxygens (including phenoxy) is 2. The van der Waals surface area contributed by atoms with Crippen LogP contribution in [-0.2, 0) is 14.3 Å². The van der Waals surface area contributed by atoms with Crippen LogP contribution in [0.3, 0.4) is 0 Å². The highest BCUT2D eigenvalue weighted by Gasteiger charge is 2.18. The highest BCUT2D eigenvalue weighted by atomic mass is 16.5. The second kappa shape index (κ2) is 5.95. The molecule has 1 fully saturated rings. The standard InChI is InChI=1S/C9H18N2O3/c1-7-3-11-4-8(14-7)5-13-6-9(12)10-2/h7-8,11H,3-6H2,1-2H3,(H,10,12). The number of likely N-dealkylation sites (N-methyl/N-ethyl adjacent to an activating group) is 1. The zero-order valence-electron chi connectivity index (χ0n) is 8.71. The summed E-state index contributed by atoms with van der Waals surface area (Å²) >= 11 is 0. The Morgan fingerprint density at radius 2 is 2.43 bits per heavy atom. The molecule has 0 aromatic carbocycles. The van der Waals surface area contributed by atoms with Crippen molar-refractivity contribution in [1.29, 1.82) is 0 Å². The van der Waals surface area contributed by atoms with E-state index >= 15 is 0 Å². The summed E-state index contributed by atoms with van der Waals surface area (Å²) in [7, 11) is 1.59. The summed E-state index contributed by atoms with van der Waals surface area (Å²) < 4.78 is 10.8. The number of hydrogen-bond donors (Lipinski definition) is 2. The molecule has 0 radical (unpaired) electrons. The minimum absolute atomic E-state index is 0.0587. The van der Waals surface area contributed by atoms with Gasteiger partial charge in [-0.25, -0.2) is 0 Å². The van der Waals surface area contributed by atoms with Gasteiger partial charge in [0.25, 0.3) is 0 Å². The van der Waals surface area contributed by atoms with Crippen LogP contribution in [-0.4, -0.2) is 51.5 Å². The summed E-state index contributed by atoms with van der Waals surface area (Å²) in [5, 5.41) is 5.72. The van der Waals surface area contributed by atoms with Crippen LogP contribution in [0, 0.1) is 0 Å². The first-order valence-corrected chi connectivity index (χ1v) is 4.87. The Bertz CT molecular complexity index is 187. The molecule has 0 aromatic heterocycles. The van der Waals surface area contributed by atoms with Crippen molar-refractivity contribution in [1.82, 2.24) is 10.6 Å². The lowest BCUT2D eigenvalue weighted by Crippen LogP contribution is -2.45. The largest absolute Gasteiger partial charge is 0.370 e. The van der Waals surface area contributed by atoms with Crippen molar-refractivity contribution in [3.05, 3.63) is 0 Å². The summed E-state index contributed by atoms with van der Waals surface area (Å²) in [6.07, 6.45) is 0.278. The lowest BCUT2D eigenvalue weighted by atomic mass is 10.2. The normalized spacial score (nSPS) is 27.3. The molecule has 2 N–H and O–H groups in total. The van der Waals surface area contributed by atoms with E-state index < -0.39 is 0 Å². The fraction of sp³-hybridized carbons (Fsp3) is 0.889. The molecular formula is C9H18N2O3. The van der Waals surface area contributed by atoms with E-state index in [1.165, 1.54) is 0 Å². The van der Waals surface area contributed by atoms with Crippen LogP contribution >= 0.6 is 0 Å². The first-order chi connectivity index (χ1) is 6.72. The fourth-order valence-corrected chi connectivity index (χ4v) is 1.33. The lowest BCUT2D eigenvalue weighted by Gasteiger charge is -2.28. The molecule has 5 heteroatoms. The Kier molecular flexibility index (Phi) is 4.86. The first kappa shape index (κ1) is 11.4. The third kappa shape index (κ3) is 4.04. The predicted octanol–water partition coefficient (Wildman–Crippen LogP) is -0.874. The summed E-state index contributed by atoms with van der Waals surface area (Å²) in [5.74, 6) is -0.109. The Morgan fingerprint density at radius 1 is 1.64 bits per heavy atom. The maximum absolute atomic E-state index is 10.8.